The number of halogens is 2. The molecule has 2 aromatic rings. The van der Waals surface area contributed by atoms with E-state index in [2.05, 4.69) is 51.8 Å². The Hall–Kier alpha value is -1.58. The van der Waals surface area contributed by atoms with Gasteiger partial charge in [-0.2, -0.15) is 0 Å². The van der Waals surface area contributed by atoms with Crippen LogP contribution in [0.25, 0.3) is 33.2 Å². The van der Waals surface area contributed by atoms with Gasteiger partial charge in [0.25, 0.3) is 0 Å². The SMILES string of the molecule is Cn1c2c3cc(Br)c(Cl)cc3nc-2cc2ccccc21. The Kier molecular flexibility index (Phi) is 2.56. The quantitative estimate of drug-likeness (QED) is 0.426. The zero-order chi connectivity index (χ0) is 13.9. The Balaban J connectivity index is 2.26. The molecule has 0 saturated carbocycles. The lowest BCUT2D eigenvalue weighted by Gasteiger charge is -2.12. The van der Waals surface area contributed by atoms with Crippen LogP contribution in [-0.4, -0.2) is 9.55 Å². The molecule has 2 aliphatic rings. The summed E-state index contributed by atoms with van der Waals surface area (Å²) in [6.45, 7) is 0. The van der Waals surface area contributed by atoms with Crippen LogP contribution in [-0.2, 0) is 7.05 Å². The largest absolute Gasteiger partial charge is 0.342 e. The van der Waals surface area contributed by atoms with Crippen molar-refractivity contribution < 1.29 is 0 Å². The van der Waals surface area contributed by atoms with E-state index in [9.17, 15) is 0 Å². The molecule has 2 aliphatic heterocycles. The highest BCUT2D eigenvalue weighted by Crippen LogP contribution is 2.37. The molecule has 2 aromatic carbocycles. The number of pyridine rings is 1. The monoisotopic (exact) mass is 344 g/mol. The topological polar surface area (TPSA) is 17.8 Å². The van der Waals surface area contributed by atoms with Crippen LogP contribution >= 0.6 is 27.5 Å². The molecule has 0 amide bonds. The maximum absolute atomic E-state index is 6.17. The van der Waals surface area contributed by atoms with Gasteiger partial charge in [-0.3, -0.25) is 0 Å². The van der Waals surface area contributed by atoms with Gasteiger partial charge in [-0.25, -0.2) is 4.98 Å². The Bertz CT molecular complexity index is 942. The van der Waals surface area contributed by atoms with Crippen molar-refractivity contribution in [1.29, 1.82) is 0 Å². The van der Waals surface area contributed by atoms with Gasteiger partial charge in [0.15, 0.2) is 0 Å². The van der Waals surface area contributed by atoms with Crippen molar-refractivity contribution in [2.75, 3.05) is 0 Å². The molecule has 2 nitrogen and oxygen atoms in total. The highest BCUT2D eigenvalue weighted by atomic mass is 79.9. The summed E-state index contributed by atoms with van der Waals surface area (Å²) in [6, 6.07) is 14.4. The summed E-state index contributed by atoms with van der Waals surface area (Å²) in [4.78, 5) is 4.70. The van der Waals surface area contributed by atoms with Crippen LogP contribution in [0, 0.1) is 0 Å². The normalized spacial score (nSPS) is 11.8. The highest BCUT2D eigenvalue weighted by molar-refractivity contribution is 9.10. The average Bonchev–Trinajstić information content (AvgIpc) is 2.77. The number of nitrogens with zero attached hydrogens (tertiary/aromatic N) is 2. The number of para-hydroxylation sites is 1. The second-order valence-corrected chi connectivity index (χ2v) is 6.15. The summed E-state index contributed by atoms with van der Waals surface area (Å²) in [7, 11) is 2.08. The van der Waals surface area contributed by atoms with E-state index in [0.29, 0.717) is 5.02 Å². The van der Waals surface area contributed by atoms with Crippen molar-refractivity contribution in [2.24, 2.45) is 7.05 Å². The lowest BCUT2D eigenvalue weighted by atomic mass is 10.1. The number of aryl methyl sites for hydroxylation is 1. The number of hydrogen-bond acceptors (Lipinski definition) is 1. The van der Waals surface area contributed by atoms with Gasteiger partial charge >= 0.3 is 0 Å². The summed E-state index contributed by atoms with van der Waals surface area (Å²) in [6.07, 6.45) is 0. The molecule has 0 saturated heterocycles. The van der Waals surface area contributed by atoms with Gasteiger partial charge in [0, 0.05) is 27.8 Å². The van der Waals surface area contributed by atoms with Crippen molar-refractivity contribution in [3.05, 3.63) is 52.0 Å². The molecule has 98 valence electrons. The van der Waals surface area contributed by atoms with Crippen molar-refractivity contribution in [3.8, 4) is 11.4 Å². The third-order valence-electron chi connectivity index (χ3n) is 3.70. The van der Waals surface area contributed by atoms with Crippen molar-refractivity contribution >= 4 is 49.3 Å². The molecular weight excluding hydrogens is 336 g/mol. The smallest absolute Gasteiger partial charge is 0.0887 e. The van der Waals surface area contributed by atoms with Crippen LogP contribution in [0.2, 0.25) is 5.02 Å². The Labute approximate surface area is 129 Å². The molecule has 0 aliphatic carbocycles. The Morgan fingerprint density at radius 3 is 2.80 bits per heavy atom. The number of fused-ring (bicyclic) bond motifs is 4. The lowest BCUT2D eigenvalue weighted by molar-refractivity contribution is 0.967. The Morgan fingerprint density at radius 2 is 1.95 bits per heavy atom. The minimum absolute atomic E-state index is 0.688. The molecule has 4 heteroatoms. The molecule has 0 bridgehead atoms. The van der Waals surface area contributed by atoms with Crippen molar-refractivity contribution in [1.82, 2.24) is 9.55 Å². The van der Waals surface area contributed by atoms with E-state index in [-0.39, 0.29) is 0 Å². The lowest BCUT2D eigenvalue weighted by Crippen LogP contribution is -1.98. The van der Waals surface area contributed by atoms with Crippen molar-refractivity contribution in [3.63, 3.8) is 0 Å². The first-order valence-corrected chi connectivity index (χ1v) is 7.45. The molecule has 20 heavy (non-hydrogen) atoms. The van der Waals surface area contributed by atoms with Gasteiger partial charge in [-0.15, -0.1) is 0 Å². The molecule has 0 unspecified atom stereocenters. The first kappa shape index (κ1) is 12.2. The van der Waals surface area contributed by atoms with Gasteiger partial charge in [0.2, 0.25) is 0 Å². The van der Waals surface area contributed by atoms with Gasteiger partial charge in [-0.05, 0) is 40.2 Å². The molecule has 0 atom stereocenters. The van der Waals surface area contributed by atoms with Gasteiger partial charge < -0.3 is 4.57 Å². The second-order valence-electron chi connectivity index (χ2n) is 4.89. The minimum Gasteiger partial charge on any atom is -0.342 e. The molecule has 0 radical (unpaired) electrons. The highest BCUT2D eigenvalue weighted by Gasteiger charge is 2.17. The fourth-order valence-electron chi connectivity index (χ4n) is 2.78. The molecule has 0 aromatic heterocycles. The molecule has 0 N–H and O–H groups in total. The fourth-order valence-corrected chi connectivity index (χ4v) is 3.28. The molecule has 0 fully saturated rings. The standard InChI is InChI=1S/C16H10BrClN2/c1-20-15-5-3-2-4-9(15)6-14-16(20)10-7-11(17)12(18)8-13(10)19-14/h2-8H,1H3. The number of benzene rings is 2. The van der Waals surface area contributed by atoms with E-state index < -0.39 is 0 Å². The van der Waals surface area contributed by atoms with Gasteiger partial charge in [0.1, 0.15) is 0 Å². The van der Waals surface area contributed by atoms with Crippen LogP contribution in [0.4, 0.5) is 0 Å². The van der Waals surface area contributed by atoms with Crippen LogP contribution in [0.15, 0.2) is 46.9 Å². The average molecular weight is 346 g/mol. The first-order chi connectivity index (χ1) is 9.65. The summed E-state index contributed by atoms with van der Waals surface area (Å²) in [5.41, 5.74) is 4.26. The third-order valence-corrected chi connectivity index (χ3v) is 4.90. The van der Waals surface area contributed by atoms with E-state index in [1.165, 1.54) is 10.9 Å². The van der Waals surface area contributed by atoms with Gasteiger partial charge in [0.05, 0.1) is 21.9 Å². The maximum Gasteiger partial charge on any atom is 0.0887 e. The molecular formula is C16H10BrClN2. The van der Waals surface area contributed by atoms with Crippen LogP contribution in [0.5, 0.6) is 0 Å². The van der Waals surface area contributed by atoms with E-state index in [4.69, 9.17) is 16.6 Å². The molecule has 2 heterocycles. The maximum atomic E-state index is 6.17. The number of rotatable bonds is 0. The summed E-state index contributed by atoms with van der Waals surface area (Å²) in [5.74, 6) is 0. The van der Waals surface area contributed by atoms with Crippen molar-refractivity contribution in [2.45, 2.75) is 0 Å². The third kappa shape index (κ3) is 1.60. The summed E-state index contributed by atoms with van der Waals surface area (Å²) >= 11 is 9.66. The van der Waals surface area contributed by atoms with E-state index in [0.717, 1.165) is 26.8 Å². The van der Waals surface area contributed by atoms with Crippen LogP contribution < -0.4 is 0 Å². The number of aromatic nitrogens is 2. The van der Waals surface area contributed by atoms with Gasteiger partial charge in [-0.1, -0.05) is 29.8 Å². The summed E-state index contributed by atoms with van der Waals surface area (Å²) in [5, 5.41) is 2.99. The predicted molar refractivity (Wildman–Crippen MR) is 87.6 cm³/mol. The Morgan fingerprint density at radius 1 is 1.15 bits per heavy atom. The van der Waals surface area contributed by atoms with E-state index in [1.807, 2.05) is 18.2 Å². The van der Waals surface area contributed by atoms with Crippen LogP contribution in [0.3, 0.4) is 0 Å². The second kappa shape index (κ2) is 4.21. The van der Waals surface area contributed by atoms with E-state index in [1.54, 1.807) is 0 Å². The predicted octanol–water partition coefficient (Wildman–Crippen LogP) is 5.25. The summed E-state index contributed by atoms with van der Waals surface area (Å²) < 4.78 is 3.09. The zero-order valence-corrected chi connectivity index (χ0v) is 13.0. The molecule has 4 rings (SSSR count). The fraction of sp³-hybridized carbons (Fsp3) is 0.0625. The zero-order valence-electron chi connectivity index (χ0n) is 10.7. The first-order valence-electron chi connectivity index (χ1n) is 6.28. The number of hydrogen-bond donors (Lipinski definition) is 0. The van der Waals surface area contributed by atoms with E-state index >= 15 is 0 Å². The van der Waals surface area contributed by atoms with Crippen LogP contribution in [0.1, 0.15) is 0 Å². The molecule has 0 spiro atoms. The minimum atomic E-state index is 0.688.